The summed E-state index contributed by atoms with van der Waals surface area (Å²) in [7, 11) is 1.73. The predicted molar refractivity (Wildman–Crippen MR) is 76.3 cm³/mol. The Hall–Kier alpha value is -0.650. The van der Waals surface area contributed by atoms with Crippen LogP contribution < -0.4 is 10.2 Å². The molecule has 0 radical (unpaired) electrons. The monoisotopic (exact) mass is 269 g/mol. The van der Waals surface area contributed by atoms with Crippen LogP contribution in [0, 0.1) is 5.92 Å². The Bertz CT molecular complexity index is 352. The molecule has 1 aromatic rings. The van der Waals surface area contributed by atoms with Crippen molar-refractivity contribution in [3.05, 3.63) is 11.1 Å². The van der Waals surface area contributed by atoms with Gasteiger partial charge >= 0.3 is 0 Å². The van der Waals surface area contributed by atoms with Gasteiger partial charge in [-0.1, -0.05) is 0 Å². The molecule has 18 heavy (non-hydrogen) atoms. The maximum atomic E-state index is 5.01. The fourth-order valence-corrected chi connectivity index (χ4v) is 2.82. The van der Waals surface area contributed by atoms with Gasteiger partial charge in [0.2, 0.25) is 0 Å². The first-order chi connectivity index (χ1) is 8.83. The van der Waals surface area contributed by atoms with Crippen molar-refractivity contribution in [2.75, 3.05) is 38.3 Å². The molecule has 1 aliphatic rings. The maximum absolute atomic E-state index is 5.01. The number of anilines is 1. The van der Waals surface area contributed by atoms with Crippen molar-refractivity contribution in [3.63, 3.8) is 0 Å². The highest BCUT2D eigenvalue weighted by atomic mass is 32.1. The van der Waals surface area contributed by atoms with Crippen LogP contribution in [0.5, 0.6) is 0 Å². The zero-order valence-electron chi connectivity index (χ0n) is 11.3. The number of thiazole rings is 1. The van der Waals surface area contributed by atoms with Crippen molar-refractivity contribution in [2.24, 2.45) is 5.92 Å². The summed E-state index contributed by atoms with van der Waals surface area (Å²) in [5.41, 5.74) is 0. The average Bonchev–Trinajstić information content (AvgIpc) is 3.09. The van der Waals surface area contributed by atoms with E-state index in [0.29, 0.717) is 0 Å². The molecule has 1 aliphatic carbocycles. The van der Waals surface area contributed by atoms with Gasteiger partial charge < -0.3 is 15.0 Å². The summed E-state index contributed by atoms with van der Waals surface area (Å²) in [5, 5.41) is 4.53. The van der Waals surface area contributed by atoms with Gasteiger partial charge in [0, 0.05) is 44.4 Å². The van der Waals surface area contributed by atoms with Gasteiger partial charge in [0.05, 0.1) is 6.61 Å². The smallest absolute Gasteiger partial charge is 0.185 e. The number of nitrogens with zero attached hydrogens (tertiary/aromatic N) is 2. The van der Waals surface area contributed by atoms with Gasteiger partial charge in [-0.3, -0.25) is 0 Å². The Morgan fingerprint density at radius 2 is 2.39 bits per heavy atom. The van der Waals surface area contributed by atoms with E-state index in [1.54, 1.807) is 18.4 Å². The summed E-state index contributed by atoms with van der Waals surface area (Å²) >= 11 is 1.80. The lowest BCUT2D eigenvalue weighted by atomic mass is 10.4. The summed E-state index contributed by atoms with van der Waals surface area (Å²) < 4.78 is 5.01. The van der Waals surface area contributed by atoms with Crippen LogP contribution in [0.1, 0.15) is 24.6 Å². The Morgan fingerprint density at radius 1 is 1.56 bits per heavy atom. The minimum atomic E-state index is 0.758. The molecule has 4 nitrogen and oxygen atoms in total. The maximum Gasteiger partial charge on any atom is 0.185 e. The van der Waals surface area contributed by atoms with Crippen LogP contribution in [-0.2, 0) is 11.3 Å². The van der Waals surface area contributed by atoms with Crippen LogP contribution in [0.3, 0.4) is 0 Å². The highest BCUT2D eigenvalue weighted by Crippen LogP contribution is 2.32. The molecule has 1 aromatic heterocycles. The Balaban J connectivity index is 1.79. The largest absolute Gasteiger partial charge is 0.383 e. The topological polar surface area (TPSA) is 37.4 Å². The van der Waals surface area contributed by atoms with Crippen LogP contribution in [0.4, 0.5) is 5.13 Å². The van der Waals surface area contributed by atoms with Gasteiger partial charge in [0.25, 0.3) is 0 Å². The fraction of sp³-hybridized carbons (Fsp3) is 0.769. The number of aromatic nitrogens is 1. The van der Waals surface area contributed by atoms with Gasteiger partial charge in [-0.15, -0.1) is 11.3 Å². The van der Waals surface area contributed by atoms with Gasteiger partial charge in [0.1, 0.15) is 0 Å². The van der Waals surface area contributed by atoms with Crippen LogP contribution in [0.15, 0.2) is 6.20 Å². The molecule has 0 unspecified atom stereocenters. The van der Waals surface area contributed by atoms with E-state index < -0.39 is 0 Å². The molecule has 1 heterocycles. The highest BCUT2D eigenvalue weighted by Gasteiger charge is 2.24. The first-order valence-electron chi connectivity index (χ1n) is 6.72. The molecular formula is C13H23N3OS. The zero-order valence-corrected chi connectivity index (χ0v) is 12.1. The predicted octanol–water partition coefficient (Wildman–Crippen LogP) is 2.12. The molecule has 0 spiro atoms. The molecule has 1 fully saturated rings. The third-order valence-electron chi connectivity index (χ3n) is 3.15. The lowest BCUT2D eigenvalue weighted by Gasteiger charge is -2.19. The van der Waals surface area contributed by atoms with Crippen molar-refractivity contribution in [3.8, 4) is 0 Å². The standard InChI is InChI=1S/C13H23N3OS/c1-3-16(10-11-4-5-11)13-15-9-12(18-13)8-14-6-7-17-2/h9,11,14H,3-8,10H2,1-2H3. The Morgan fingerprint density at radius 3 is 3.06 bits per heavy atom. The molecule has 102 valence electrons. The fourth-order valence-electron chi connectivity index (χ4n) is 1.87. The lowest BCUT2D eigenvalue weighted by molar-refractivity contribution is 0.199. The average molecular weight is 269 g/mol. The Labute approximate surface area is 113 Å². The van der Waals surface area contributed by atoms with E-state index in [2.05, 4.69) is 22.1 Å². The first-order valence-corrected chi connectivity index (χ1v) is 7.54. The van der Waals surface area contributed by atoms with Gasteiger partial charge in [0.15, 0.2) is 5.13 Å². The van der Waals surface area contributed by atoms with E-state index >= 15 is 0 Å². The molecular weight excluding hydrogens is 246 g/mol. The second-order valence-corrected chi connectivity index (χ2v) is 5.85. The molecule has 0 bridgehead atoms. The van der Waals surface area contributed by atoms with Crippen LogP contribution in [0.2, 0.25) is 0 Å². The quantitative estimate of drug-likeness (QED) is 0.697. The van der Waals surface area contributed by atoms with Crippen LogP contribution in [-0.4, -0.2) is 38.3 Å². The molecule has 2 rings (SSSR count). The number of methoxy groups -OCH3 is 1. The van der Waals surface area contributed by atoms with E-state index in [1.165, 1.54) is 29.4 Å². The summed E-state index contributed by atoms with van der Waals surface area (Å²) in [6.45, 7) is 6.99. The first kappa shape index (κ1) is 13.8. The van der Waals surface area contributed by atoms with Crippen molar-refractivity contribution >= 4 is 16.5 Å². The van der Waals surface area contributed by atoms with E-state index in [4.69, 9.17) is 4.74 Å². The molecule has 0 amide bonds. The molecule has 0 aromatic carbocycles. The summed E-state index contributed by atoms with van der Waals surface area (Å²) in [5.74, 6) is 0.914. The number of nitrogens with one attached hydrogen (secondary N) is 1. The summed E-state index contributed by atoms with van der Waals surface area (Å²) in [6, 6.07) is 0. The summed E-state index contributed by atoms with van der Waals surface area (Å²) in [6.07, 6.45) is 4.79. The van der Waals surface area contributed by atoms with Crippen molar-refractivity contribution in [1.29, 1.82) is 0 Å². The SMILES string of the molecule is CCN(CC1CC1)c1ncc(CNCCOC)s1. The third-order valence-corrected chi connectivity index (χ3v) is 4.21. The minimum Gasteiger partial charge on any atom is -0.383 e. The second-order valence-electron chi connectivity index (χ2n) is 4.76. The van der Waals surface area contributed by atoms with Crippen molar-refractivity contribution in [2.45, 2.75) is 26.3 Å². The van der Waals surface area contributed by atoms with E-state index in [9.17, 15) is 0 Å². The third kappa shape index (κ3) is 4.23. The molecule has 1 saturated carbocycles. The van der Waals surface area contributed by atoms with Crippen LogP contribution >= 0.6 is 11.3 Å². The molecule has 0 saturated heterocycles. The number of ether oxygens (including phenoxy) is 1. The zero-order chi connectivity index (χ0) is 12.8. The summed E-state index contributed by atoms with van der Waals surface area (Å²) in [4.78, 5) is 8.25. The second kappa shape index (κ2) is 7.07. The van der Waals surface area contributed by atoms with Gasteiger partial charge in [-0.05, 0) is 25.7 Å². The van der Waals surface area contributed by atoms with Gasteiger partial charge in [-0.2, -0.15) is 0 Å². The number of hydrogen-bond acceptors (Lipinski definition) is 5. The molecule has 0 atom stereocenters. The van der Waals surface area contributed by atoms with Crippen LogP contribution in [0.25, 0.3) is 0 Å². The van der Waals surface area contributed by atoms with Crippen molar-refractivity contribution in [1.82, 2.24) is 10.3 Å². The number of rotatable bonds is 9. The normalized spacial score (nSPS) is 15.0. The van der Waals surface area contributed by atoms with Gasteiger partial charge in [-0.25, -0.2) is 4.98 Å². The van der Waals surface area contributed by atoms with E-state index in [1.807, 2.05) is 6.20 Å². The molecule has 0 aliphatic heterocycles. The highest BCUT2D eigenvalue weighted by molar-refractivity contribution is 7.15. The van der Waals surface area contributed by atoms with Crippen molar-refractivity contribution < 1.29 is 4.74 Å². The Kier molecular flexibility index (Phi) is 5.41. The minimum absolute atomic E-state index is 0.758. The lowest BCUT2D eigenvalue weighted by Crippen LogP contribution is -2.24. The molecule has 5 heteroatoms. The van der Waals surface area contributed by atoms with E-state index in [0.717, 1.165) is 32.2 Å². The van der Waals surface area contributed by atoms with E-state index in [-0.39, 0.29) is 0 Å². The number of hydrogen-bond donors (Lipinski definition) is 1. The molecule has 1 N–H and O–H groups in total.